The van der Waals surface area contributed by atoms with Gasteiger partial charge < -0.3 is 14.4 Å². The number of aliphatic hydroxyl groups is 1. The number of rotatable bonds is 6. The van der Waals surface area contributed by atoms with Gasteiger partial charge in [-0.3, -0.25) is 4.90 Å². The normalized spacial score (nSPS) is 15.0. The molecule has 0 spiro atoms. The van der Waals surface area contributed by atoms with Gasteiger partial charge in [0, 0.05) is 50.0 Å². The van der Waals surface area contributed by atoms with Gasteiger partial charge in [-0.15, -0.1) is 0 Å². The Morgan fingerprint density at radius 3 is 2.87 bits per heavy atom. The minimum atomic E-state index is -0.551. The van der Waals surface area contributed by atoms with Crippen LogP contribution in [0.5, 0.6) is 5.75 Å². The molecule has 6 heteroatoms. The number of hydrogen-bond donors (Lipinski definition) is 1. The van der Waals surface area contributed by atoms with E-state index in [0.29, 0.717) is 18.1 Å². The summed E-state index contributed by atoms with van der Waals surface area (Å²) in [5.41, 5.74) is 4.55. The van der Waals surface area contributed by atoms with E-state index in [2.05, 4.69) is 39.1 Å². The molecule has 0 aliphatic carbocycles. The van der Waals surface area contributed by atoms with Gasteiger partial charge >= 0.3 is 0 Å². The van der Waals surface area contributed by atoms with Gasteiger partial charge in [-0.25, -0.2) is 9.97 Å². The number of nitrogens with zero attached hydrogens (tertiary/aromatic N) is 4. The van der Waals surface area contributed by atoms with E-state index >= 15 is 0 Å². The molecule has 1 atom stereocenters. The summed E-state index contributed by atoms with van der Waals surface area (Å²) in [6.45, 7) is 2.69. The topological polar surface area (TPSA) is 63.4 Å². The number of β-amino-alcohol motifs (C(OH)–C–C–N with tert-alkyl or cyclic N) is 1. The fraction of sp³-hybridized carbons (Fsp3) is 0.280. The van der Waals surface area contributed by atoms with Crippen molar-refractivity contribution in [3.63, 3.8) is 0 Å². The third kappa shape index (κ3) is 4.31. The van der Waals surface area contributed by atoms with Crippen molar-refractivity contribution in [2.24, 2.45) is 7.05 Å². The number of aromatic nitrogens is 3. The van der Waals surface area contributed by atoms with E-state index in [9.17, 15) is 5.11 Å². The monoisotopic (exact) mass is 414 g/mol. The zero-order chi connectivity index (χ0) is 21.2. The second kappa shape index (κ2) is 8.49. The van der Waals surface area contributed by atoms with E-state index in [0.717, 1.165) is 36.1 Å². The zero-order valence-corrected chi connectivity index (χ0v) is 17.6. The quantitative estimate of drug-likeness (QED) is 0.524. The van der Waals surface area contributed by atoms with Crippen LogP contribution in [0.25, 0.3) is 22.4 Å². The van der Waals surface area contributed by atoms with Crippen LogP contribution in [0.15, 0.2) is 67.0 Å². The Kier molecular flexibility index (Phi) is 5.40. The fourth-order valence-electron chi connectivity index (χ4n) is 4.16. The molecule has 1 aliphatic heterocycles. The molecule has 0 amide bonds. The molecule has 31 heavy (non-hydrogen) atoms. The molecular formula is C25H26N4O2. The number of benzene rings is 2. The maximum atomic E-state index is 10.5. The first kappa shape index (κ1) is 19.7. The van der Waals surface area contributed by atoms with Crippen LogP contribution < -0.4 is 4.74 Å². The van der Waals surface area contributed by atoms with Crippen molar-refractivity contribution in [2.75, 3.05) is 19.7 Å². The third-order valence-electron chi connectivity index (χ3n) is 5.82. The zero-order valence-electron chi connectivity index (χ0n) is 17.6. The van der Waals surface area contributed by atoms with Crippen molar-refractivity contribution in [2.45, 2.75) is 19.1 Å². The summed E-state index contributed by atoms with van der Waals surface area (Å²) in [4.78, 5) is 11.5. The summed E-state index contributed by atoms with van der Waals surface area (Å²) in [5, 5.41) is 11.5. The Bertz CT molecular complexity index is 1200. The summed E-state index contributed by atoms with van der Waals surface area (Å²) in [6.07, 6.45) is 4.29. The van der Waals surface area contributed by atoms with Crippen LogP contribution in [0.4, 0.5) is 0 Å². The van der Waals surface area contributed by atoms with E-state index < -0.39 is 6.10 Å². The number of hydrogen-bond acceptors (Lipinski definition) is 5. The Morgan fingerprint density at radius 1 is 1.10 bits per heavy atom. The Balaban J connectivity index is 1.21. The Hall–Kier alpha value is -3.22. The molecule has 0 saturated carbocycles. The minimum absolute atomic E-state index is 0.249. The number of ether oxygens (including phenoxy) is 1. The SMILES string of the molecule is Cn1ccc2cnc(-c3cccc(OCC(O)CN4CCc5ccccc5C4)c3)nc21. The van der Waals surface area contributed by atoms with E-state index in [1.54, 1.807) is 0 Å². The van der Waals surface area contributed by atoms with Crippen molar-refractivity contribution in [1.82, 2.24) is 19.4 Å². The molecule has 4 aromatic rings. The largest absolute Gasteiger partial charge is 0.491 e. The van der Waals surface area contributed by atoms with Crippen molar-refractivity contribution in [3.05, 3.63) is 78.1 Å². The van der Waals surface area contributed by atoms with Crippen LogP contribution in [-0.2, 0) is 20.0 Å². The summed E-state index contributed by atoms with van der Waals surface area (Å²) in [5.74, 6) is 1.36. The lowest BCUT2D eigenvalue weighted by atomic mass is 10.00. The Morgan fingerprint density at radius 2 is 1.97 bits per heavy atom. The predicted molar refractivity (Wildman–Crippen MR) is 121 cm³/mol. The molecule has 0 fully saturated rings. The highest BCUT2D eigenvalue weighted by atomic mass is 16.5. The summed E-state index contributed by atoms with van der Waals surface area (Å²) < 4.78 is 7.88. The molecule has 6 nitrogen and oxygen atoms in total. The number of fused-ring (bicyclic) bond motifs is 2. The smallest absolute Gasteiger partial charge is 0.161 e. The van der Waals surface area contributed by atoms with Crippen LogP contribution in [0.1, 0.15) is 11.1 Å². The van der Waals surface area contributed by atoms with Crippen LogP contribution in [0.3, 0.4) is 0 Å². The van der Waals surface area contributed by atoms with E-state index in [4.69, 9.17) is 4.74 Å². The lowest BCUT2D eigenvalue weighted by molar-refractivity contribution is 0.0638. The molecule has 1 aliphatic rings. The third-order valence-corrected chi connectivity index (χ3v) is 5.82. The molecule has 2 aromatic heterocycles. The van der Waals surface area contributed by atoms with Crippen LogP contribution in [-0.4, -0.2) is 50.3 Å². The van der Waals surface area contributed by atoms with Gasteiger partial charge in [0.15, 0.2) is 5.82 Å². The molecular weight excluding hydrogens is 388 g/mol. The van der Waals surface area contributed by atoms with Crippen molar-refractivity contribution in [1.29, 1.82) is 0 Å². The molecule has 2 aromatic carbocycles. The predicted octanol–water partition coefficient (Wildman–Crippen LogP) is 3.43. The lowest BCUT2D eigenvalue weighted by Crippen LogP contribution is -2.38. The average Bonchev–Trinajstić information content (AvgIpc) is 3.18. The summed E-state index contributed by atoms with van der Waals surface area (Å²) in [7, 11) is 1.97. The molecule has 1 N–H and O–H groups in total. The van der Waals surface area contributed by atoms with Gasteiger partial charge in [0.05, 0.1) is 0 Å². The standard InChI is InChI=1S/C25H26N4O2/c1-28-11-9-20-14-26-24(27-25(20)28)19-7-4-8-23(13-19)31-17-22(30)16-29-12-10-18-5-2-3-6-21(18)15-29/h2-9,11,13-14,22,30H,10,12,15-17H2,1H3. The van der Waals surface area contributed by atoms with Gasteiger partial charge in [-0.2, -0.15) is 0 Å². The number of aryl methyl sites for hydroxylation is 1. The first-order valence-corrected chi connectivity index (χ1v) is 10.6. The van der Waals surface area contributed by atoms with Crippen molar-refractivity contribution < 1.29 is 9.84 Å². The molecule has 0 bridgehead atoms. The van der Waals surface area contributed by atoms with E-state index in [1.165, 1.54) is 11.1 Å². The van der Waals surface area contributed by atoms with Crippen molar-refractivity contribution >= 4 is 11.0 Å². The van der Waals surface area contributed by atoms with Crippen LogP contribution in [0, 0.1) is 0 Å². The summed E-state index contributed by atoms with van der Waals surface area (Å²) in [6, 6.07) is 18.3. The molecule has 0 radical (unpaired) electrons. The first-order chi connectivity index (χ1) is 15.2. The molecule has 1 unspecified atom stereocenters. The van der Waals surface area contributed by atoms with Crippen LogP contribution in [0.2, 0.25) is 0 Å². The highest BCUT2D eigenvalue weighted by molar-refractivity contribution is 5.77. The first-order valence-electron chi connectivity index (χ1n) is 10.6. The van der Waals surface area contributed by atoms with E-state index in [-0.39, 0.29) is 6.61 Å². The molecule has 3 heterocycles. The van der Waals surface area contributed by atoms with Crippen LogP contribution >= 0.6 is 0 Å². The van der Waals surface area contributed by atoms with Gasteiger partial charge in [0.25, 0.3) is 0 Å². The van der Waals surface area contributed by atoms with Gasteiger partial charge in [-0.1, -0.05) is 36.4 Å². The highest BCUT2D eigenvalue weighted by Gasteiger charge is 2.18. The maximum absolute atomic E-state index is 10.5. The molecule has 158 valence electrons. The van der Waals surface area contributed by atoms with Gasteiger partial charge in [0.2, 0.25) is 0 Å². The highest BCUT2D eigenvalue weighted by Crippen LogP contribution is 2.23. The molecule has 0 saturated heterocycles. The van der Waals surface area contributed by atoms with Crippen molar-refractivity contribution in [3.8, 4) is 17.1 Å². The number of aliphatic hydroxyl groups excluding tert-OH is 1. The average molecular weight is 415 g/mol. The minimum Gasteiger partial charge on any atom is -0.491 e. The molecule has 5 rings (SSSR count). The Labute approximate surface area is 181 Å². The van der Waals surface area contributed by atoms with Gasteiger partial charge in [0.1, 0.15) is 24.1 Å². The second-order valence-corrected chi connectivity index (χ2v) is 8.15. The summed E-state index contributed by atoms with van der Waals surface area (Å²) >= 11 is 0. The van der Waals surface area contributed by atoms with E-state index in [1.807, 2.05) is 54.3 Å². The second-order valence-electron chi connectivity index (χ2n) is 8.15. The van der Waals surface area contributed by atoms with Gasteiger partial charge in [-0.05, 0) is 35.7 Å². The maximum Gasteiger partial charge on any atom is 0.161 e. The lowest BCUT2D eigenvalue weighted by Gasteiger charge is -2.30. The fourth-order valence-corrected chi connectivity index (χ4v) is 4.16.